The summed E-state index contributed by atoms with van der Waals surface area (Å²) >= 11 is 0. The molecule has 1 heterocycles. The number of carboxylic acids is 1. The van der Waals surface area contributed by atoms with Gasteiger partial charge in [-0.05, 0) is 6.07 Å². The molecule has 0 aliphatic rings. The molecule has 0 saturated carbocycles. The third-order valence-electron chi connectivity index (χ3n) is 2.78. The average molecular weight is 297 g/mol. The number of hydrogen-bond donors (Lipinski definition) is 1. The van der Waals surface area contributed by atoms with Crippen molar-refractivity contribution in [1.82, 2.24) is 4.98 Å². The Morgan fingerprint density at radius 3 is 2.62 bits per heavy atom. The predicted molar refractivity (Wildman–Crippen MR) is 70.6 cm³/mol. The highest BCUT2D eigenvalue weighted by molar-refractivity contribution is 5.93. The third kappa shape index (κ3) is 3.43. The average Bonchev–Trinajstić information content (AvgIpc) is 2.44. The molecule has 0 fully saturated rings. The number of rotatable bonds is 6. The zero-order valence-corrected chi connectivity index (χ0v) is 11.2. The van der Waals surface area contributed by atoms with Gasteiger partial charge in [0.2, 0.25) is 0 Å². The number of hydrogen-bond acceptors (Lipinski definition) is 4. The highest BCUT2D eigenvalue weighted by atomic mass is 19.2. The Hall–Kier alpha value is -2.28. The van der Waals surface area contributed by atoms with Crippen LogP contribution in [0.25, 0.3) is 10.9 Å². The second-order valence-electron chi connectivity index (χ2n) is 4.29. The Morgan fingerprint density at radius 1 is 1.24 bits per heavy atom. The molecule has 0 spiro atoms. The van der Waals surface area contributed by atoms with Gasteiger partial charge in [-0.25, -0.2) is 18.6 Å². The Bertz CT molecular complexity index is 676. The SMILES string of the molecule is COCCCOc1cc(C(=O)O)nc2cc(F)c(F)cc12. The van der Waals surface area contributed by atoms with Crippen molar-refractivity contribution in [3.63, 3.8) is 0 Å². The van der Waals surface area contributed by atoms with E-state index < -0.39 is 17.6 Å². The third-order valence-corrected chi connectivity index (χ3v) is 2.78. The van der Waals surface area contributed by atoms with Gasteiger partial charge in [-0.15, -0.1) is 0 Å². The first kappa shape index (κ1) is 15.1. The van der Waals surface area contributed by atoms with Crippen molar-refractivity contribution in [2.24, 2.45) is 0 Å². The second-order valence-corrected chi connectivity index (χ2v) is 4.29. The van der Waals surface area contributed by atoms with Gasteiger partial charge in [-0.1, -0.05) is 0 Å². The van der Waals surface area contributed by atoms with E-state index in [0.717, 1.165) is 12.1 Å². The maximum atomic E-state index is 13.3. The van der Waals surface area contributed by atoms with Crippen LogP contribution >= 0.6 is 0 Å². The normalized spacial score (nSPS) is 10.8. The van der Waals surface area contributed by atoms with E-state index in [2.05, 4.69) is 4.98 Å². The summed E-state index contributed by atoms with van der Waals surface area (Å²) in [4.78, 5) is 14.8. The van der Waals surface area contributed by atoms with Crippen molar-refractivity contribution in [2.75, 3.05) is 20.3 Å². The maximum absolute atomic E-state index is 13.3. The van der Waals surface area contributed by atoms with Crippen molar-refractivity contribution >= 4 is 16.9 Å². The van der Waals surface area contributed by atoms with E-state index >= 15 is 0 Å². The number of nitrogens with zero attached hydrogens (tertiary/aromatic N) is 1. The molecule has 2 aromatic rings. The first-order valence-corrected chi connectivity index (χ1v) is 6.17. The van der Waals surface area contributed by atoms with Gasteiger partial charge in [0, 0.05) is 37.7 Å². The molecule has 1 N–H and O–H groups in total. The fourth-order valence-corrected chi connectivity index (χ4v) is 1.80. The molecular weight excluding hydrogens is 284 g/mol. The van der Waals surface area contributed by atoms with Crippen LogP contribution in [0.1, 0.15) is 16.9 Å². The van der Waals surface area contributed by atoms with Gasteiger partial charge < -0.3 is 14.6 Å². The lowest BCUT2D eigenvalue weighted by molar-refractivity contribution is 0.0690. The lowest BCUT2D eigenvalue weighted by atomic mass is 10.1. The first-order valence-electron chi connectivity index (χ1n) is 6.17. The summed E-state index contributed by atoms with van der Waals surface area (Å²) in [7, 11) is 1.54. The van der Waals surface area contributed by atoms with Crippen LogP contribution in [0.5, 0.6) is 5.75 Å². The molecule has 0 amide bonds. The summed E-state index contributed by atoms with van der Waals surface area (Å²) < 4.78 is 36.9. The number of fused-ring (bicyclic) bond motifs is 1. The van der Waals surface area contributed by atoms with Crippen LogP contribution in [-0.2, 0) is 4.74 Å². The van der Waals surface area contributed by atoms with Gasteiger partial charge in [0.25, 0.3) is 0 Å². The largest absolute Gasteiger partial charge is 0.493 e. The quantitative estimate of drug-likeness (QED) is 0.830. The molecule has 2 rings (SSSR count). The van der Waals surface area contributed by atoms with E-state index in [1.807, 2.05) is 0 Å². The zero-order chi connectivity index (χ0) is 15.4. The van der Waals surface area contributed by atoms with Crippen molar-refractivity contribution in [3.05, 3.63) is 35.5 Å². The second kappa shape index (κ2) is 6.45. The number of halogens is 2. The van der Waals surface area contributed by atoms with Crippen LogP contribution in [0.15, 0.2) is 18.2 Å². The molecular formula is C14H13F2NO4. The summed E-state index contributed by atoms with van der Waals surface area (Å²) in [6.45, 7) is 0.725. The predicted octanol–water partition coefficient (Wildman–Crippen LogP) is 2.63. The molecule has 0 aliphatic carbocycles. The molecule has 0 aliphatic heterocycles. The van der Waals surface area contributed by atoms with Crippen molar-refractivity contribution in [3.8, 4) is 5.75 Å². The lowest BCUT2D eigenvalue weighted by Crippen LogP contribution is -2.06. The summed E-state index contributed by atoms with van der Waals surface area (Å²) in [5.41, 5.74) is -0.272. The molecule has 0 bridgehead atoms. The van der Waals surface area contributed by atoms with Gasteiger partial charge in [0.05, 0.1) is 12.1 Å². The van der Waals surface area contributed by atoms with Gasteiger partial charge in [0.15, 0.2) is 17.3 Å². The number of carboxylic acid groups (broad SMARTS) is 1. The van der Waals surface area contributed by atoms with Gasteiger partial charge >= 0.3 is 5.97 Å². The summed E-state index contributed by atoms with van der Waals surface area (Å²) in [6, 6.07) is 2.98. The summed E-state index contributed by atoms with van der Waals surface area (Å²) in [5, 5.41) is 9.22. The number of ether oxygens (including phenoxy) is 2. The molecule has 1 aromatic heterocycles. The smallest absolute Gasteiger partial charge is 0.354 e. The van der Waals surface area contributed by atoms with E-state index in [1.54, 1.807) is 7.11 Å². The maximum Gasteiger partial charge on any atom is 0.354 e. The van der Waals surface area contributed by atoms with Crippen LogP contribution in [0.2, 0.25) is 0 Å². The molecule has 1 aromatic carbocycles. The van der Waals surface area contributed by atoms with Crippen LogP contribution in [-0.4, -0.2) is 36.4 Å². The monoisotopic (exact) mass is 297 g/mol. The number of carbonyl (C=O) groups is 1. The Kier molecular flexibility index (Phi) is 4.64. The topological polar surface area (TPSA) is 68.7 Å². The van der Waals surface area contributed by atoms with Crippen LogP contribution in [0.3, 0.4) is 0 Å². The summed E-state index contributed by atoms with van der Waals surface area (Å²) in [5.74, 6) is -3.27. The standard InChI is InChI=1S/C14H13F2NO4/c1-20-3-2-4-21-13-7-12(14(18)19)17-11-6-10(16)9(15)5-8(11)13/h5-7H,2-4H2,1H3,(H,18,19). The van der Waals surface area contributed by atoms with Crippen LogP contribution in [0.4, 0.5) is 8.78 Å². The van der Waals surface area contributed by atoms with E-state index in [4.69, 9.17) is 14.6 Å². The van der Waals surface area contributed by atoms with E-state index in [9.17, 15) is 13.6 Å². The number of pyridine rings is 1. The Labute approximate surface area is 119 Å². The molecule has 0 saturated heterocycles. The minimum atomic E-state index is -1.27. The Balaban J connectivity index is 2.44. The lowest BCUT2D eigenvalue weighted by Gasteiger charge is -2.10. The number of methoxy groups -OCH3 is 1. The van der Waals surface area contributed by atoms with Gasteiger partial charge in [-0.3, -0.25) is 0 Å². The first-order chi connectivity index (χ1) is 10.0. The molecule has 5 nitrogen and oxygen atoms in total. The number of benzene rings is 1. The molecule has 0 unspecified atom stereocenters. The molecule has 0 atom stereocenters. The summed E-state index contributed by atoms with van der Waals surface area (Å²) in [6.07, 6.45) is 0.576. The minimum Gasteiger partial charge on any atom is -0.493 e. The number of aromatic carboxylic acids is 1. The molecule has 0 radical (unpaired) electrons. The van der Waals surface area contributed by atoms with E-state index in [0.29, 0.717) is 13.0 Å². The van der Waals surface area contributed by atoms with E-state index in [1.165, 1.54) is 6.07 Å². The fourth-order valence-electron chi connectivity index (χ4n) is 1.80. The molecule has 21 heavy (non-hydrogen) atoms. The van der Waals surface area contributed by atoms with E-state index in [-0.39, 0.29) is 29.0 Å². The number of aromatic nitrogens is 1. The highest BCUT2D eigenvalue weighted by Gasteiger charge is 2.15. The van der Waals surface area contributed by atoms with Crippen molar-refractivity contribution < 1.29 is 28.2 Å². The Morgan fingerprint density at radius 2 is 1.95 bits per heavy atom. The molecule has 112 valence electrons. The van der Waals surface area contributed by atoms with Crippen LogP contribution < -0.4 is 4.74 Å². The highest BCUT2D eigenvalue weighted by Crippen LogP contribution is 2.27. The fraction of sp³-hybridized carbons (Fsp3) is 0.286. The van der Waals surface area contributed by atoms with Gasteiger partial charge in [0.1, 0.15) is 5.75 Å². The van der Waals surface area contributed by atoms with Gasteiger partial charge in [-0.2, -0.15) is 0 Å². The van der Waals surface area contributed by atoms with Crippen molar-refractivity contribution in [2.45, 2.75) is 6.42 Å². The van der Waals surface area contributed by atoms with Crippen LogP contribution in [0, 0.1) is 11.6 Å². The molecule has 7 heteroatoms. The van der Waals surface area contributed by atoms with Crippen molar-refractivity contribution in [1.29, 1.82) is 0 Å². The zero-order valence-electron chi connectivity index (χ0n) is 11.2. The minimum absolute atomic E-state index is 0.0236.